The molecule has 1 saturated carbocycles. The van der Waals surface area contributed by atoms with Gasteiger partial charge in [0.15, 0.2) is 0 Å². The van der Waals surface area contributed by atoms with Crippen LogP contribution >= 0.6 is 0 Å². The average Bonchev–Trinajstić information content (AvgIpc) is 2.15. The van der Waals surface area contributed by atoms with E-state index in [-0.39, 0.29) is 6.10 Å². The molecule has 1 nitrogen and oxygen atoms in total. The van der Waals surface area contributed by atoms with E-state index >= 15 is 0 Å². The van der Waals surface area contributed by atoms with Gasteiger partial charge in [0.1, 0.15) is 0 Å². The lowest BCUT2D eigenvalue weighted by Crippen LogP contribution is -2.39. The molecule has 1 aliphatic rings. The van der Waals surface area contributed by atoms with E-state index < -0.39 is 0 Å². The van der Waals surface area contributed by atoms with Gasteiger partial charge >= 0.3 is 0 Å². The average molecular weight is 210 g/mol. The summed E-state index contributed by atoms with van der Waals surface area (Å²) >= 11 is 0. The van der Waals surface area contributed by atoms with Gasteiger partial charge in [0.25, 0.3) is 0 Å². The zero-order chi connectivity index (χ0) is 11.6. The minimum absolute atomic E-state index is 0.159. The monoisotopic (exact) mass is 210 g/mol. The summed E-state index contributed by atoms with van der Waals surface area (Å²) in [7, 11) is 0. The molecule has 0 heterocycles. The molecule has 0 aromatic carbocycles. The molecule has 0 saturated heterocycles. The maximum Gasteiger partial charge on any atom is 0.0610 e. The van der Waals surface area contributed by atoms with Crippen LogP contribution in [0.25, 0.3) is 0 Å². The Morgan fingerprint density at radius 3 is 2.40 bits per heavy atom. The van der Waals surface area contributed by atoms with Crippen LogP contribution in [0.4, 0.5) is 0 Å². The topological polar surface area (TPSA) is 20.2 Å². The summed E-state index contributed by atoms with van der Waals surface area (Å²) in [5.41, 5.74) is 1.24. The second kappa shape index (κ2) is 5.16. The smallest absolute Gasteiger partial charge is 0.0610 e. The highest BCUT2D eigenvalue weighted by atomic mass is 16.3. The maximum absolute atomic E-state index is 10.2. The van der Waals surface area contributed by atoms with Crippen molar-refractivity contribution in [1.29, 1.82) is 0 Å². The van der Waals surface area contributed by atoms with E-state index in [1.807, 2.05) is 0 Å². The molecule has 15 heavy (non-hydrogen) atoms. The van der Waals surface area contributed by atoms with Crippen LogP contribution < -0.4 is 0 Å². The lowest BCUT2D eigenvalue weighted by molar-refractivity contribution is 0.00435. The van der Waals surface area contributed by atoms with E-state index in [2.05, 4.69) is 34.3 Å². The molecule has 0 aromatic rings. The predicted molar refractivity (Wildman–Crippen MR) is 65.7 cm³/mol. The molecular weight excluding hydrogens is 184 g/mol. The highest BCUT2D eigenvalue weighted by Gasteiger charge is 2.37. The number of aliphatic hydroxyl groups is 1. The first kappa shape index (κ1) is 12.8. The quantitative estimate of drug-likeness (QED) is 0.705. The van der Waals surface area contributed by atoms with Crippen molar-refractivity contribution in [2.45, 2.75) is 53.1 Å². The van der Waals surface area contributed by atoms with Gasteiger partial charge in [-0.15, -0.1) is 0 Å². The Bertz CT molecular complexity index is 219. The van der Waals surface area contributed by atoms with Gasteiger partial charge in [-0.25, -0.2) is 0 Å². The largest absolute Gasteiger partial charge is 0.392 e. The first-order chi connectivity index (χ1) is 6.97. The third kappa shape index (κ3) is 2.84. The van der Waals surface area contributed by atoms with Crippen LogP contribution in [0.2, 0.25) is 0 Å². The molecule has 0 aromatic heterocycles. The zero-order valence-corrected chi connectivity index (χ0v) is 10.7. The van der Waals surface area contributed by atoms with E-state index in [0.717, 1.165) is 19.3 Å². The molecule has 0 spiro atoms. The van der Waals surface area contributed by atoms with Crippen molar-refractivity contribution in [3.8, 4) is 0 Å². The van der Waals surface area contributed by atoms with Crippen LogP contribution in [-0.4, -0.2) is 11.2 Å². The van der Waals surface area contributed by atoms with E-state index in [1.54, 1.807) is 0 Å². The summed E-state index contributed by atoms with van der Waals surface area (Å²) in [5.74, 6) is 2.37. The van der Waals surface area contributed by atoms with Crippen molar-refractivity contribution in [3.05, 3.63) is 12.2 Å². The second-order valence-electron chi connectivity index (χ2n) is 5.60. The van der Waals surface area contributed by atoms with Gasteiger partial charge in [-0.05, 0) is 36.5 Å². The van der Waals surface area contributed by atoms with E-state index in [9.17, 15) is 5.11 Å². The lowest BCUT2D eigenvalue weighted by atomic mass is 9.65. The van der Waals surface area contributed by atoms with E-state index in [4.69, 9.17) is 0 Å². The summed E-state index contributed by atoms with van der Waals surface area (Å²) in [5, 5.41) is 10.2. The molecule has 1 rings (SSSR count). The summed E-state index contributed by atoms with van der Waals surface area (Å²) < 4.78 is 0. The standard InChI is InChI=1S/C14H26O/c1-6-11(5)14-12(9(2)3)7-10(4)8-13(14)15/h9,11-15H,4,6-8H2,1-3,5H3/t11?,12?,13?,14-/m0/s1. The third-order valence-electron chi connectivity index (χ3n) is 4.12. The predicted octanol–water partition coefficient (Wildman–Crippen LogP) is 3.63. The molecule has 88 valence electrons. The van der Waals surface area contributed by atoms with Crippen molar-refractivity contribution >= 4 is 0 Å². The van der Waals surface area contributed by atoms with Crippen LogP contribution in [0.3, 0.4) is 0 Å². The number of rotatable bonds is 3. The van der Waals surface area contributed by atoms with Crippen LogP contribution in [0.5, 0.6) is 0 Å². The van der Waals surface area contributed by atoms with E-state index in [1.165, 1.54) is 5.57 Å². The first-order valence-corrected chi connectivity index (χ1v) is 6.32. The van der Waals surface area contributed by atoms with Crippen LogP contribution in [-0.2, 0) is 0 Å². The SMILES string of the molecule is C=C1CC(O)[C@@H](C(C)CC)C(C(C)C)C1. The fraction of sp³-hybridized carbons (Fsp3) is 0.857. The minimum Gasteiger partial charge on any atom is -0.392 e. The Morgan fingerprint density at radius 2 is 1.93 bits per heavy atom. The maximum atomic E-state index is 10.2. The van der Waals surface area contributed by atoms with Crippen molar-refractivity contribution in [3.63, 3.8) is 0 Å². The fourth-order valence-corrected chi connectivity index (χ4v) is 3.02. The second-order valence-corrected chi connectivity index (χ2v) is 5.60. The number of hydrogen-bond acceptors (Lipinski definition) is 1. The first-order valence-electron chi connectivity index (χ1n) is 6.32. The summed E-state index contributed by atoms with van der Waals surface area (Å²) in [6.07, 6.45) is 2.94. The minimum atomic E-state index is -0.159. The van der Waals surface area contributed by atoms with Crippen molar-refractivity contribution in [2.24, 2.45) is 23.7 Å². The molecule has 0 bridgehead atoms. The molecule has 0 aliphatic heterocycles. The van der Waals surface area contributed by atoms with Crippen LogP contribution in [0, 0.1) is 23.7 Å². The highest BCUT2D eigenvalue weighted by Crippen LogP contribution is 2.42. The van der Waals surface area contributed by atoms with Gasteiger partial charge in [-0.2, -0.15) is 0 Å². The molecule has 1 aliphatic carbocycles. The summed E-state index contributed by atoms with van der Waals surface area (Å²) in [6.45, 7) is 13.1. The van der Waals surface area contributed by atoms with Crippen LogP contribution in [0.15, 0.2) is 12.2 Å². The van der Waals surface area contributed by atoms with Gasteiger partial charge in [0.2, 0.25) is 0 Å². The fourth-order valence-electron chi connectivity index (χ4n) is 3.02. The Balaban J connectivity index is 2.82. The molecule has 1 N–H and O–H groups in total. The lowest BCUT2D eigenvalue weighted by Gasteiger charge is -2.42. The molecule has 0 amide bonds. The molecule has 1 heteroatoms. The van der Waals surface area contributed by atoms with Crippen molar-refractivity contribution < 1.29 is 5.11 Å². The van der Waals surface area contributed by atoms with Crippen LogP contribution in [0.1, 0.15) is 47.0 Å². The summed E-state index contributed by atoms with van der Waals surface area (Å²) in [4.78, 5) is 0. The van der Waals surface area contributed by atoms with Gasteiger partial charge < -0.3 is 5.11 Å². The number of aliphatic hydroxyl groups excluding tert-OH is 1. The molecule has 1 fully saturated rings. The zero-order valence-electron chi connectivity index (χ0n) is 10.7. The highest BCUT2D eigenvalue weighted by molar-refractivity contribution is 5.06. The Hall–Kier alpha value is -0.300. The third-order valence-corrected chi connectivity index (χ3v) is 4.12. The number of hydrogen-bond donors (Lipinski definition) is 1. The van der Waals surface area contributed by atoms with Gasteiger partial charge in [0.05, 0.1) is 6.10 Å². The van der Waals surface area contributed by atoms with Crippen molar-refractivity contribution in [2.75, 3.05) is 0 Å². The molecule has 0 radical (unpaired) electrons. The summed E-state index contributed by atoms with van der Waals surface area (Å²) in [6, 6.07) is 0. The Kier molecular flexibility index (Phi) is 4.39. The molecule has 4 atom stereocenters. The Labute approximate surface area is 94.6 Å². The molecule has 3 unspecified atom stereocenters. The normalized spacial score (nSPS) is 34.5. The Morgan fingerprint density at radius 1 is 1.33 bits per heavy atom. The van der Waals surface area contributed by atoms with E-state index in [0.29, 0.717) is 23.7 Å². The van der Waals surface area contributed by atoms with Gasteiger partial charge in [-0.1, -0.05) is 46.3 Å². The van der Waals surface area contributed by atoms with Crippen molar-refractivity contribution in [1.82, 2.24) is 0 Å². The van der Waals surface area contributed by atoms with Gasteiger partial charge in [-0.3, -0.25) is 0 Å². The molecular formula is C14H26O. The van der Waals surface area contributed by atoms with Gasteiger partial charge in [0, 0.05) is 0 Å².